The van der Waals surface area contributed by atoms with E-state index >= 15 is 0 Å². The van der Waals surface area contributed by atoms with Gasteiger partial charge in [0.05, 0.1) is 16.7 Å². The van der Waals surface area contributed by atoms with Crippen LogP contribution in [0.3, 0.4) is 0 Å². The Kier molecular flexibility index (Phi) is 4.09. The summed E-state index contributed by atoms with van der Waals surface area (Å²) >= 11 is 0. The molecule has 1 aliphatic carbocycles. The highest BCUT2D eigenvalue weighted by Crippen LogP contribution is 2.35. The van der Waals surface area contributed by atoms with Crippen LogP contribution < -0.4 is 4.74 Å². The van der Waals surface area contributed by atoms with Crippen molar-refractivity contribution in [1.29, 1.82) is 0 Å². The molecule has 0 bridgehead atoms. The zero-order valence-electron chi connectivity index (χ0n) is 15.1. The van der Waals surface area contributed by atoms with E-state index in [1.54, 1.807) is 6.33 Å². The van der Waals surface area contributed by atoms with Gasteiger partial charge >= 0.3 is 0 Å². The Bertz CT molecular complexity index is 1050. The zero-order valence-corrected chi connectivity index (χ0v) is 15.1. The van der Waals surface area contributed by atoms with E-state index in [9.17, 15) is 0 Å². The second-order valence-electron chi connectivity index (χ2n) is 7.10. The lowest BCUT2D eigenvalue weighted by Crippen LogP contribution is -2.16. The third-order valence-corrected chi connectivity index (χ3v) is 5.32. The number of aromatic nitrogens is 3. The van der Waals surface area contributed by atoms with Gasteiger partial charge < -0.3 is 9.30 Å². The SMILES string of the molecule is c1ccc(Oc2ccc(Cc3ncnc4ccn(C5CCC5)c34)cc2)cc1. The molecule has 5 rings (SSSR count). The van der Waals surface area contributed by atoms with Crippen LogP contribution in [0.1, 0.15) is 36.6 Å². The van der Waals surface area contributed by atoms with E-state index in [0.29, 0.717) is 6.04 Å². The van der Waals surface area contributed by atoms with Crippen LogP contribution in [0, 0.1) is 0 Å². The smallest absolute Gasteiger partial charge is 0.127 e. The van der Waals surface area contributed by atoms with Gasteiger partial charge in [-0.2, -0.15) is 0 Å². The molecule has 0 saturated heterocycles. The highest BCUT2D eigenvalue weighted by molar-refractivity contribution is 5.78. The van der Waals surface area contributed by atoms with Gasteiger partial charge in [0.2, 0.25) is 0 Å². The van der Waals surface area contributed by atoms with Gasteiger partial charge in [0.25, 0.3) is 0 Å². The van der Waals surface area contributed by atoms with Crippen LogP contribution in [0.25, 0.3) is 11.0 Å². The van der Waals surface area contributed by atoms with E-state index in [1.807, 2.05) is 42.5 Å². The normalized spacial score (nSPS) is 14.2. The maximum Gasteiger partial charge on any atom is 0.127 e. The fraction of sp³-hybridized carbons (Fsp3) is 0.217. The van der Waals surface area contributed by atoms with Crippen LogP contribution in [0.15, 0.2) is 73.2 Å². The van der Waals surface area contributed by atoms with Gasteiger partial charge in [-0.3, -0.25) is 0 Å². The van der Waals surface area contributed by atoms with Crippen molar-refractivity contribution in [3.8, 4) is 11.5 Å². The lowest BCUT2D eigenvalue weighted by molar-refractivity contribution is 0.321. The Morgan fingerprint density at radius 3 is 2.41 bits per heavy atom. The topological polar surface area (TPSA) is 39.9 Å². The molecule has 0 aliphatic heterocycles. The summed E-state index contributed by atoms with van der Waals surface area (Å²) in [6.45, 7) is 0. The molecular formula is C23H21N3O. The van der Waals surface area contributed by atoms with Crippen molar-refractivity contribution in [2.75, 3.05) is 0 Å². The Morgan fingerprint density at radius 2 is 1.67 bits per heavy atom. The van der Waals surface area contributed by atoms with Crippen molar-refractivity contribution < 1.29 is 4.74 Å². The minimum atomic E-state index is 0.605. The van der Waals surface area contributed by atoms with Gasteiger partial charge in [0.1, 0.15) is 17.8 Å². The number of rotatable bonds is 5. The first-order valence-corrected chi connectivity index (χ1v) is 9.49. The van der Waals surface area contributed by atoms with Crippen molar-refractivity contribution in [3.63, 3.8) is 0 Å². The molecule has 4 aromatic rings. The Morgan fingerprint density at radius 1 is 0.889 bits per heavy atom. The van der Waals surface area contributed by atoms with Crippen molar-refractivity contribution >= 4 is 11.0 Å². The van der Waals surface area contributed by atoms with E-state index < -0.39 is 0 Å². The van der Waals surface area contributed by atoms with Gasteiger partial charge in [-0.05, 0) is 55.2 Å². The quantitative estimate of drug-likeness (QED) is 0.472. The van der Waals surface area contributed by atoms with E-state index in [2.05, 4.69) is 38.9 Å². The largest absolute Gasteiger partial charge is 0.457 e. The molecule has 134 valence electrons. The van der Waals surface area contributed by atoms with Crippen LogP contribution in [0.4, 0.5) is 0 Å². The molecule has 0 unspecified atom stereocenters. The van der Waals surface area contributed by atoms with E-state index in [-0.39, 0.29) is 0 Å². The molecule has 1 aliphatic rings. The summed E-state index contributed by atoms with van der Waals surface area (Å²) < 4.78 is 8.26. The second-order valence-corrected chi connectivity index (χ2v) is 7.10. The van der Waals surface area contributed by atoms with E-state index in [4.69, 9.17) is 4.74 Å². The molecule has 4 nitrogen and oxygen atoms in total. The number of fused-ring (bicyclic) bond motifs is 1. The summed E-state index contributed by atoms with van der Waals surface area (Å²) in [4.78, 5) is 9.06. The molecule has 0 amide bonds. The standard InChI is InChI=1S/C23H21N3O/c1-2-7-19(8-3-1)27-20-11-9-17(10-12-20)15-22-23-21(24-16-25-22)13-14-26(23)18-5-4-6-18/h1-3,7-14,16,18H,4-6,15H2. The molecule has 2 aromatic heterocycles. The molecule has 1 fully saturated rings. The van der Waals surface area contributed by atoms with Gasteiger partial charge in [-0.15, -0.1) is 0 Å². The zero-order chi connectivity index (χ0) is 18.1. The molecular weight excluding hydrogens is 334 g/mol. The number of nitrogens with zero attached hydrogens (tertiary/aromatic N) is 3. The Balaban J connectivity index is 1.39. The average Bonchev–Trinajstić information content (AvgIpc) is 3.08. The third kappa shape index (κ3) is 3.19. The molecule has 0 radical (unpaired) electrons. The minimum absolute atomic E-state index is 0.605. The first-order valence-electron chi connectivity index (χ1n) is 9.49. The fourth-order valence-corrected chi connectivity index (χ4v) is 3.65. The summed E-state index contributed by atoms with van der Waals surface area (Å²) in [5, 5.41) is 0. The molecule has 4 heteroatoms. The summed E-state index contributed by atoms with van der Waals surface area (Å²) in [6, 6.07) is 20.8. The number of benzene rings is 2. The molecule has 0 spiro atoms. The number of hydrogen-bond donors (Lipinski definition) is 0. The van der Waals surface area contributed by atoms with Crippen LogP contribution in [0.5, 0.6) is 11.5 Å². The number of hydrogen-bond acceptors (Lipinski definition) is 3. The summed E-state index contributed by atoms with van der Waals surface area (Å²) in [5.74, 6) is 1.69. The van der Waals surface area contributed by atoms with Crippen LogP contribution >= 0.6 is 0 Å². The van der Waals surface area contributed by atoms with Crippen LogP contribution in [-0.4, -0.2) is 14.5 Å². The predicted molar refractivity (Wildman–Crippen MR) is 106 cm³/mol. The fourth-order valence-electron chi connectivity index (χ4n) is 3.65. The number of ether oxygens (including phenoxy) is 1. The van der Waals surface area contributed by atoms with Crippen LogP contribution in [0.2, 0.25) is 0 Å². The first-order chi connectivity index (χ1) is 13.4. The highest BCUT2D eigenvalue weighted by Gasteiger charge is 2.22. The van der Waals surface area contributed by atoms with Crippen molar-refractivity contribution in [2.45, 2.75) is 31.7 Å². The predicted octanol–water partition coefficient (Wildman–Crippen LogP) is 5.54. The van der Waals surface area contributed by atoms with Gasteiger partial charge in [-0.1, -0.05) is 30.3 Å². The summed E-state index contributed by atoms with van der Waals surface area (Å²) in [7, 11) is 0. The lowest BCUT2D eigenvalue weighted by atomic mass is 9.93. The molecule has 2 heterocycles. The first kappa shape index (κ1) is 16.1. The molecule has 1 saturated carbocycles. The summed E-state index contributed by atoms with van der Waals surface area (Å²) in [6.07, 6.45) is 8.46. The monoisotopic (exact) mass is 355 g/mol. The van der Waals surface area contributed by atoms with E-state index in [1.165, 1.54) is 30.3 Å². The second kappa shape index (κ2) is 6.88. The molecule has 0 N–H and O–H groups in total. The summed E-state index contributed by atoms with van der Waals surface area (Å²) in [5.41, 5.74) is 4.54. The van der Waals surface area contributed by atoms with Gasteiger partial charge in [-0.25, -0.2) is 9.97 Å². The Labute approximate surface area is 158 Å². The maximum absolute atomic E-state index is 5.88. The Hall–Kier alpha value is -3.14. The molecule has 0 atom stereocenters. The molecule has 2 aromatic carbocycles. The van der Waals surface area contributed by atoms with Crippen molar-refractivity contribution in [3.05, 3.63) is 84.4 Å². The average molecular weight is 355 g/mol. The highest BCUT2D eigenvalue weighted by atomic mass is 16.5. The molecule has 27 heavy (non-hydrogen) atoms. The van der Waals surface area contributed by atoms with Crippen molar-refractivity contribution in [1.82, 2.24) is 14.5 Å². The van der Waals surface area contributed by atoms with E-state index in [0.717, 1.165) is 29.1 Å². The lowest BCUT2D eigenvalue weighted by Gasteiger charge is -2.28. The minimum Gasteiger partial charge on any atom is -0.457 e. The maximum atomic E-state index is 5.88. The van der Waals surface area contributed by atoms with Crippen molar-refractivity contribution in [2.24, 2.45) is 0 Å². The number of para-hydroxylation sites is 1. The van der Waals surface area contributed by atoms with Gasteiger partial charge in [0, 0.05) is 18.7 Å². The van der Waals surface area contributed by atoms with Gasteiger partial charge in [0.15, 0.2) is 0 Å². The third-order valence-electron chi connectivity index (χ3n) is 5.32. The van der Waals surface area contributed by atoms with Crippen LogP contribution in [-0.2, 0) is 6.42 Å².